The third kappa shape index (κ3) is 5.33. The molecule has 1 fully saturated rings. The zero-order valence-corrected chi connectivity index (χ0v) is 16.7. The van der Waals surface area contributed by atoms with Crippen molar-refractivity contribution in [2.45, 2.75) is 25.8 Å². The maximum Gasteiger partial charge on any atom is 0.241 e. The Morgan fingerprint density at radius 3 is 2.35 bits per heavy atom. The predicted molar refractivity (Wildman–Crippen MR) is 108 cm³/mol. The summed E-state index contributed by atoms with van der Waals surface area (Å²) in [5.74, 6) is 0.264. The highest BCUT2D eigenvalue weighted by molar-refractivity contribution is 5.96. The van der Waals surface area contributed by atoms with Gasteiger partial charge in [0.1, 0.15) is 0 Å². The van der Waals surface area contributed by atoms with Gasteiger partial charge in [-0.2, -0.15) is 0 Å². The Morgan fingerprint density at radius 1 is 1.04 bits per heavy atom. The van der Waals surface area contributed by atoms with Crippen molar-refractivity contribution in [3.63, 3.8) is 0 Å². The number of hydrogen-bond donors (Lipinski definition) is 1. The summed E-state index contributed by atoms with van der Waals surface area (Å²) in [7, 11) is 0. The van der Waals surface area contributed by atoms with Crippen LogP contribution < -0.4 is 10.6 Å². The van der Waals surface area contributed by atoms with Crippen LogP contribution >= 0.6 is 24.8 Å². The molecule has 0 spiro atoms. The molecule has 146 valence electrons. The van der Waals surface area contributed by atoms with Gasteiger partial charge >= 0.3 is 0 Å². The molecule has 0 saturated carbocycles. The number of piperazine rings is 1. The molecule has 1 saturated heterocycles. The van der Waals surface area contributed by atoms with E-state index in [0.717, 1.165) is 31.7 Å². The summed E-state index contributed by atoms with van der Waals surface area (Å²) in [6.45, 7) is 5.87. The maximum absolute atomic E-state index is 12.6. The van der Waals surface area contributed by atoms with E-state index in [1.807, 2.05) is 34.9 Å². The third-order valence-electron chi connectivity index (χ3n) is 4.77. The van der Waals surface area contributed by atoms with Crippen molar-refractivity contribution >= 4 is 42.3 Å². The van der Waals surface area contributed by atoms with Gasteiger partial charge in [0.15, 0.2) is 0 Å². The number of hydrogen-bond acceptors (Lipinski definition) is 4. The molecule has 1 unspecified atom stereocenters. The molecule has 1 atom stereocenters. The normalized spacial score (nSPS) is 17.8. The topological polar surface area (TPSA) is 69.9 Å². The van der Waals surface area contributed by atoms with Gasteiger partial charge in [-0.1, -0.05) is 18.2 Å². The fourth-order valence-electron chi connectivity index (χ4n) is 3.43. The summed E-state index contributed by atoms with van der Waals surface area (Å²) in [5, 5.41) is 0. The lowest BCUT2D eigenvalue weighted by atomic mass is 10.2. The summed E-state index contributed by atoms with van der Waals surface area (Å²) in [4.78, 5) is 30.5. The number of nitrogens with two attached hydrogens (primary N) is 1. The van der Waals surface area contributed by atoms with Crippen LogP contribution in [-0.4, -0.2) is 66.9 Å². The van der Waals surface area contributed by atoms with Gasteiger partial charge in [0.2, 0.25) is 11.8 Å². The number of fused-ring (bicyclic) bond motifs is 1. The first-order valence-corrected chi connectivity index (χ1v) is 8.68. The molecule has 2 heterocycles. The molecule has 0 aromatic heterocycles. The second kappa shape index (κ2) is 10.1. The van der Waals surface area contributed by atoms with Crippen molar-refractivity contribution in [2.75, 3.05) is 44.2 Å². The van der Waals surface area contributed by atoms with E-state index < -0.39 is 0 Å². The average Bonchev–Trinajstić information content (AvgIpc) is 2.99. The molecular formula is C18H28Cl2N4O2. The number of rotatable bonds is 4. The van der Waals surface area contributed by atoms with Gasteiger partial charge in [0.05, 0.1) is 6.54 Å². The molecule has 2 aliphatic heterocycles. The van der Waals surface area contributed by atoms with Crippen molar-refractivity contribution in [3.8, 4) is 0 Å². The number of benzene rings is 1. The van der Waals surface area contributed by atoms with E-state index in [1.165, 1.54) is 5.56 Å². The standard InChI is InChI=1S/C18H26N4O2.2ClH/c1-14(19)12-17(23)21-10-8-20(9-11-21)13-18(24)22-7-6-15-4-2-3-5-16(15)22;;/h2-5,14H,6-13,19H2,1H3;2*1H. The van der Waals surface area contributed by atoms with Crippen LogP contribution in [0, 0.1) is 0 Å². The zero-order chi connectivity index (χ0) is 17.1. The van der Waals surface area contributed by atoms with Gasteiger partial charge in [-0.15, -0.1) is 24.8 Å². The lowest BCUT2D eigenvalue weighted by Crippen LogP contribution is -2.52. The Balaban J connectivity index is 0.00000169. The Bertz CT molecular complexity index is 619. The smallest absolute Gasteiger partial charge is 0.241 e. The summed E-state index contributed by atoms with van der Waals surface area (Å²) in [6.07, 6.45) is 1.32. The molecule has 2 amide bonds. The van der Waals surface area contributed by atoms with Crippen molar-refractivity contribution < 1.29 is 9.59 Å². The van der Waals surface area contributed by atoms with Crippen molar-refractivity contribution in [3.05, 3.63) is 29.8 Å². The molecule has 1 aromatic rings. The van der Waals surface area contributed by atoms with Crippen LogP contribution in [0.5, 0.6) is 0 Å². The average molecular weight is 403 g/mol. The van der Waals surface area contributed by atoms with Crippen molar-refractivity contribution in [1.82, 2.24) is 9.80 Å². The molecule has 0 radical (unpaired) electrons. The highest BCUT2D eigenvalue weighted by Crippen LogP contribution is 2.27. The first-order chi connectivity index (χ1) is 11.5. The Labute approximate surface area is 167 Å². The van der Waals surface area contributed by atoms with Crippen LogP contribution in [0.25, 0.3) is 0 Å². The van der Waals surface area contributed by atoms with E-state index in [0.29, 0.717) is 26.1 Å². The van der Waals surface area contributed by atoms with E-state index in [1.54, 1.807) is 0 Å². The van der Waals surface area contributed by atoms with Gasteiger partial charge in [0, 0.05) is 50.9 Å². The van der Waals surface area contributed by atoms with E-state index in [4.69, 9.17) is 5.73 Å². The van der Waals surface area contributed by atoms with Crippen LogP contribution in [0.1, 0.15) is 18.9 Å². The fraction of sp³-hybridized carbons (Fsp3) is 0.556. The van der Waals surface area contributed by atoms with Crippen LogP contribution in [0.2, 0.25) is 0 Å². The van der Waals surface area contributed by atoms with E-state index >= 15 is 0 Å². The Morgan fingerprint density at radius 2 is 1.69 bits per heavy atom. The number of nitrogens with zero attached hydrogens (tertiary/aromatic N) is 3. The van der Waals surface area contributed by atoms with Crippen LogP contribution in [0.3, 0.4) is 0 Å². The van der Waals surface area contributed by atoms with Crippen molar-refractivity contribution in [1.29, 1.82) is 0 Å². The van der Waals surface area contributed by atoms with E-state index in [-0.39, 0.29) is 42.7 Å². The molecule has 26 heavy (non-hydrogen) atoms. The van der Waals surface area contributed by atoms with Crippen molar-refractivity contribution in [2.24, 2.45) is 5.73 Å². The van der Waals surface area contributed by atoms with Gasteiger partial charge < -0.3 is 15.5 Å². The number of para-hydroxylation sites is 1. The summed E-state index contributed by atoms with van der Waals surface area (Å²) < 4.78 is 0. The molecule has 1 aromatic carbocycles. The third-order valence-corrected chi connectivity index (χ3v) is 4.77. The van der Waals surface area contributed by atoms with Crippen LogP contribution in [0.4, 0.5) is 5.69 Å². The monoisotopic (exact) mass is 402 g/mol. The van der Waals surface area contributed by atoms with Crippen LogP contribution in [0.15, 0.2) is 24.3 Å². The molecule has 6 nitrogen and oxygen atoms in total. The van der Waals surface area contributed by atoms with E-state index in [9.17, 15) is 9.59 Å². The SMILES string of the molecule is CC(N)CC(=O)N1CCN(CC(=O)N2CCc3ccccc32)CC1.Cl.Cl. The summed E-state index contributed by atoms with van der Waals surface area (Å²) in [6, 6.07) is 8.00. The van der Waals surface area contributed by atoms with E-state index in [2.05, 4.69) is 11.0 Å². The zero-order valence-electron chi connectivity index (χ0n) is 15.1. The lowest BCUT2D eigenvalue weighted by molar-refractivity contribution is -0.133. The largest absolute Gasteiger partial charge is 0.340 e. The predicted octanol–water partition coefficient (Wildman–Crippen LogP) is 1.30. The quantitative estimate of drug-likeness (QED) is 0.823. The van der Waals surface area contributed by atoms with Gasteiger partial charge in [0.25, 0.3) is 0 Å². The number of anilines is 1. The highest BCUT2D eigenvalue weighted by atomic mass is 35.5. The molecule has 2 N–H and O–H groups in total. The van der Waals surface area contributed by atoms with Gasteiger partial charge in [-0.05, 0) is 25.0 Å². The number of halogens is 2. The second-order valence-corrected chi connectivity index (χ2v) is 6.76. The molecule has 2 aliphatic rings. The molecule has 0 bridgehead atoms. The molecule has 3 rings (SSSR count). The highest BCUT2D eigenvalue weighted by Gasteiger charge is 2.27. The minimum atomic E-state index is -0.104. The molecule has 8 heteroatoms. The number of carbonyl (C=O) groups excluding carboxylic acids is 2. The summed E-state index contributed by atoms with van der Waals surface area (Å²) >= 11 is 0. The first kappa shape index (κ1) is 22.7. The first-order valence-electron chi connectivity index (χ1n) is 8.68. The Hall–Kier alpha value is -1.34. The number of carbonyl (C=O) groups is 2. The lowest BCUT2D eigenvalue weighted by Gasteiger charge is -2.35. The minimum absolute atomic E-state index is 0. The Kier molecular flexibility index (Phi) is 8.83. The maximum atomic E-state index is 12.6. The summed E-state index contributed by atoms with van der Waals surface area (Å²) in [5.41, 5.74) is 7.99. The van der Waals surface area contributed by atoms with Gasteiger partial charge in [-0.25, -0.2) is 0 Å². The molecular weight excluding hydrogens is 375 g/mol. The number of amides is 2. The van der Waals surface area contributed by atoms with Gasteiger partial charge in [-0.3, -0.25) is 14.5 Å². The minimum Gasteiger partial charge on any atom is -0.340 e. The fourth-order valence-corrected chi connectivity index (χ4v) is 3.43. The van der Waals surface area contributed by atoms with Crippen LogP contribution in [-0.2, 0) is 16.0 Å². The second-order valence-electron chi connectivity index (χ2n) is 6.76. The molecule has 0 aliphatic carbocycles.